The van der Waals surface area contributed by atoms with Crippen LogP contribution in [0.15, 0.2) is 42.5 Å². The summed E-state index contributed by atoms with van der Waals surface area (Å²) in [7, 11) is 1.82. The van der Waals surface area contributed by atoms with Crippen LogP contribution in [-0.2, 0) is 13.0 Å². The number of nitrogens with one attached hydrogen (secondary N) is 1. The first-order valence-electron chi connectivity index (χ1n) is 7.27. The Morgan fingerprint density at radius 3 is 2.30 bits per heavy atom. The molecular formula is C18H22FN. The summed E-state index contributed by atoms with van der Waals surface area (Å²) < 4.78 is 13.9. The minimum atomic E-state index is -0.146. The zero-order valence-electron chi connectivity index (χ0n) is 12.2. The Balaban J connectivity index is 2.17. The summed E-state index contributed by atoms with van der Waals surface area (Å²) in [6, 6.07) is 13.9. The van der Waals surface area contributed by atoms with Gasteiger partial charge in [0.1, 0.15) is 5.82 Å². The summed E-state index contributed by atoms with van der Waals surface area (Å²) in [5.74, 6) is -0.146. The van der Waals surface area contributed by atoms with Crippen LogP contribution in [0.3, 0.4) is 0 Å². The van der Waals surface area contributed by atoms with Crippen molar-refractivity contribution in [3.05, 3.63) is 59.4 Å². The van der Waals surface area contributed by atoms with Crippen LogP contribution in [0.5, 0.6) is 0 Å². The molecule has 0 fully saturated rings. The van der Waals surface area contributed by atoms with E-state index in [1.54, 1.807) is 6.07 Å². The molecule has 0 unspecified atom stereocenters. The van der Waals surface area contributed by atoms with Gasteiger partial charge < -0.3 is 5.32 Å². The van der Waals surface area contributed by atoms with Gasteiger partial charge in [-0.3, -0.25) is 0 Å². The number of aryl methyl sites for hydroxylation is 1. The van der Waals surface area contributed by atoms with Gasteiger partial charge >= 0.3 is 0 Å². The van der Waals surface area contributed by atoms with Crippen LogP contribution in [0.1, 0.15) is 30.9 Å². The van der Waals surface area contributed by atoms with E-state index in [0.29, 0.717) is 12.1 Å². The molecule has 0 bridgehead atoms. The first-order chi connectivity index (χ1) is 9.74. The van der Waals surface area contributed by atoms with Gasteiger partial charge in [-0.2, -0.15) is 0 Å². The molecule has 0 spiro atoms. The first-order valence-corrected chi connectivity index (χ1v) is 7.27. The van der Waals surface area contributed by atoms with Crippen molar-refractivity contribution in [1.29, 1.82) is 0 Å². The molecule has 1 N–H and O–H groups in total. The van der Waals surface area contributed by atoms with Crippen LogP contribution in [-0.4, -0.2) is 7.05 Å². The predicted octanol–water partition coefficient (Wildman–Crippen LogP) is 4.55. The normalized spacial score (nSPS) is 10.8. The van der Waals surface area contributed by atoms with Gasteiger partial charge in [-0.1, -0.05) is 49.7 Å². The summed E-state index contributed by atoms with van der Waals surface area (Å²) in [5, 5.41) is 2.97. The lowest BCUT2D eigenvalue weighted by Gasteiger charge is -2.07. The van der Waals surface area contributed by atoms with Crippen molar-refractivity contribution in [2.24, 2.45) is 0 Å². The van der Waals surface area contributed by atoms with Gasteiger partial charge in [0, 0.05) is 12.1 Å². The molecule has 0 aliphatic carbocycles. The number of benzene rings is 2. The Bertz CT molecular complexity index is 546. The molecule has 0 radical (unpaired) electrons. The Labute approximate surface area is 120 Å². The molecule has 1 nitrogen and oxygen atoms in total. The molecule has 0 heterocycles. The van der Waals surface area contributed by atoms with E-state index in [0.717, 1.165) is 17.5 Å². The molecule has 20 heavy (non-hydrogen) atoms. The van der Waals surface area contributed by atoms with E-state index in [2.05, 4.69) is 36.5 Å². The number of hydrogen-bond acceptors (Lipinski definition) is 1. The van der Waals surface area contributed by atoms with Crippen molar-refractivity contribution in [3.63, 3.8) is 0 Å². The molecule has 0 saturated heterocycles. The summed E-state index contributed by atoms with van der Waals surface area (Å²) in [4.78, 5) is 0. The molecule has 0 aliphatic rings. The van der Waals surface area contributed by atoms with Crippen molar-refractivity contribution in [1.82, 2.24) is 5.32 Å². The smallest absolute Gasteiger partial charge is 0.128 e. The summed E-state index contributed by atoms with van der Waals surface area (Å²) >= 11 is 0. The van der Waals surface area contributed by atoms with Crippen molar-refractivity contribution >= 4 is 0 Å². The molecule has 0 amide bonds. The van der Waals surface area contributed by atoms with Crippen molar-refractivity contribution < 1.29 is 4.39 Å². The molecule has 2 rings (SSSR count). The van der Waals surface area contributed by atoms with Crippen LogP contribution in [0.4, 0.5) is 4.39 Å². The lowest BCUT2D eigenvalue weighted by atomic mass is 10.0. The van der Waals surface area contributed by atoms with E-state index in [-0.39, 0.29) is 5.82 Å². The standard InChI is InChI=1S/C18H22FN/c1-3-4-5-14-6-8-15(9-7-14)16-10-11-17(13-20-2)18(19)12-16/h6-12,20H,3-5,13H2,1-2H3. The van der Waals surface area contributed by atoms with Gasteiger partial charge in [0.25, 0.3) is 0 Å². The van der Waals surface area contributed by atoms with Crippen LogP contribution in [0.2, 0.25) is 0 Å². The molecule has 0 aromatic heterocycles. The van der Waals surface area contributed by atoms with Gasteiger partial charge in [0.15, 0.2) is 0 Å². The quantitative estimate of drug-likeness (QED) is 0.812. The third kappa shape index (κ3) is 3.67. The van der Waals surface area contributed by atoms with E-state index in [1.807, 2.05) is 19.2 Å². The van der Waals surface area contributed by atoms with Crippen molar-refractivity contribution in [2.45, 2.75) is 32.7 Å². The number of unbranched alkanes of at least 4 members (excludes halogenated alkanes) is 1. The van der Waals surface area contributed by atoms with Crippen LogP contribution in [0.25, 0.3) is 11.1 Å². The fraction of sp³-hybridized carbons (Fsp3) is 0.333. The minimum absolute atomic E-state index is 0.146. The maximum Gasteiger partial charge on any atom is 0.128 e. The van der Waals surface area contributed by atoms with E-state index in [4.69, 9.17) is 0 Å². The highest BCUT2D eigenvalue weighted by atomic mass is 19.1. The summed E-state index contributed by atoms with van der Waals surface area (Å²) in [6.07, 6.45) is 3.54. The molecule has 106 valence electrons. The largest absolute Gasteiger partial charge is 0.316 e. The Kier molecular flexibility index (Phi) is 5.31. The molecule has 2 heteroatoms. The molecule has 2 aromatic rings. The first kappa shape index (κ1) is 14.7. The monoisotopic (exact) mass is 271 g/mol. The van der Waals surface area contributed by atoms with Gasteiger partial charge in [-0.15, -0.1) is 0 Å². The topological polar surface area (TPSA) is 12.0 Å². The summed E-state index contributed by atoms with van der Waals surface area (Å²) in [5.41, 5.74) is 4.06. The van der Waals surface area contributed by atoms with E-state index in [1.165, 1.54) is 18.4 Å². The Morgan fingerprint density at radius 2 is 1.70 bits per heavy atom. The predicted molar refractivity (Wildman–Crippen MR) is 83.2 cm³/mol. The maximum atomic E-state index is 13.9. The molecule has 0 atom stereocenters. The second-order valence-electron chi connectivity index (χ2n) is 5.14. The number of halogens is 1. The van der Waals surface area contributed by atoms with Gasteiger partial charge in [0.2, 0.25) is 0 Å². The maximum absolute atomic E-state index is 13.9. The minimum Gasteiger partial charge on any atom is -0.316 e. The molecule has 0 aliphatic heterocycles. The van der Waals surface area contributed by atoms with Gasteiger partial charge in [-0.25, -0.2) is 4.39 Å². The average Bonchev–Trinajstić information content (AvgIpc) is 2.48. The zero-order valence-corrected chi connectivity index (χ0v) is 12.2. The fourth-order valence-electron chi connectivity index (χ4n) is 2.31. The highest BCUT2D eigenvalue weighted by Crippen LogP contribution is 2.23. The van der Waals surface area contributed by atoms with E-state index >= 15 is 0 Å². The zero-order chi connectivity index (χ0) is 14.4. The molecule has 0 saturated carbocycles. The van der Waals surface area contributed by atoms with Crippen LogP contribution in [0, 0.1) is 5.82 Å². The molecular weight excluding hydrogens is 249 g/mol. The van der Waals surface area contributed by atoms with Crippen LogP contribution < -0.4 is 5.32 Å². The second-order valence-corrected chi connectivity index (χ2v) is 5.14. The fourth-order valence-corrected chi connectivity index (χ4v) is 2.31. The third-order valence-corrected chi connectivity index (χ3v) is 3.53. The van der Waals surface area contributed by atoms with Crippen LogP contribution >= 0.6 is 0 Å². The Hall–Kier alpha value is -1.67. The molecule has 2 aromatic carbocycles. The van der Waals surface area contributed by atoms with Crippen molar-refractivity contribution in [2.75, 3.05) is 7.05 Å². The lowest BCUT2D eigenvalue weighted by Crippen LogP contribution is -2.06. The summed E-state index contributed by atoms with van der Waals surface area (Å²) in [6.45, 7) is 2.76. The SMILES string of the molecule is CCCCc1ccc(-c2ccc(CNC)c(F)c2)cc1. The lowest BCUT2D eigenvalue weighted by molar-refractivity contribution is 0.601. The van der Waals surface area contributed by atoms with Crippen molar-refractivity contribution in [3.8, 4) is 11.1 Å². The third-order valence-electron chi connectivity index (χ3n) is 3.53. The van der Waals surface area contributed by atoms with E-state index in [9.17, 15) is 4.39 Å². The highest BCUT2D eigenvalue weighted by Gasteiger charge is 2.04. The average molecular weight is 271 g/mol. The highest BCUT2D eigenvalue weighted by molar-refractivity contribution is 5.64. The number of rotatable bonds is 6. The van der Waals surface area contributed by atoms with Gasteiger partial charge in [0.05, 0.1) is 0 Å². The number of hydrogen-bond donors (Lipinski definition) is 1. The van der Waals surface area contributed by atoms with E-state index < -0.39 is 0 Å². The van der Waals surface area contributed by atoms with Gasteiger partial charge in [-0.05, 0) is 42.6 Å². The Morgan fingerprint density at radius 1 is 1.00 bits per heavy atom. The second kappa shape index (κ2) is 7.20.